The molecule has 5 heteroatoms. The molecule has 0 saturated carbocycles. The molecule has 114 valence electrons. The molecule has 3 rings (SSSR count). The fourth-order valence-electron chi connectivity index (χ4n) is 3.10. The first kappa shape index (κ1) is 14.5. The number of rotatable bonds is 2. The van der Waals surface area contributed by atoms with E-state index >= 15 is 0 Å². The topological polar surface area (TPSA) is 41.6 Å². The Morgan fingerprint density at radius 3 is 2.76 bits per heavy atom. The van der Waals surface area contributed by atoms with Crippen molar-refractivity contribution < 1.29 is 13.9 Å². The minimum Gasteiger partial charge on any atom is -0.370 e. The number of halogens is 1. The molecule has 2 heterocycles. The summed E-state index contributed by atoms with van der Waals surface area (Å²) < 4.78 is 18.7. The van der Waals surface area contributed by atoms with E-state index < -0.39 is 0 Å². The van der Waals surface area contributed by atoms with Crippen molar-refractivity contribution in [3.05, 3.63) is 35.6 Å². The Kier molecular flexibility index (Phi) is 4.22. The molecular weight excluding hydrogens is 271 g/mol. The summed E-state index contributed by atoms with van der Waals surface area (Å²) in [7, 11) is 0. The van der Waals surface area contributed by atoms with Crippen LogP contribution in [0, 0.1) is 17.7 Å². The van der Waals surface area contributed by atoms with E-state index in [2.05, 4.69) is 12.2 Å². The van der Waals surface area contributed by atoms with E-state index in [4.69, 9.17) is 4.74 Å². The second kappa shape index (κ2) is 6.12. The van der Waals surface area contributed by atoms with Crippen molar-refractivity contribution in [3.63, 3.8) is 0 Å². The molecule has 0 spiro atoms. The fraction of sp³-hybridized carbons (Fsp3) is 0.562. The van der Waals surface area contributed by atoms with Crippen LogP contribution in [0.3, 0.4) is 0 Å². The van der Waals surface area contributed by atoms with Crippen LogP contribution in [-0.2, 0) is 9.53 Å². The monoisotopic (exact) mass is 292 g/mol. The Bertz CT molecular complexity index is 506. The molecule has 2 aliphatic rings. The van der Waals surface area contributed by atoms with Gasteiger partial charge in [-0.15, -0.1) is 0 Å². The van der Waals surface area contributed by atoms with Crippen LogP contribution in [0.25, 0.3) is 0 Å². The molecule has 0 bridgehead atoms. The number of amides is 1. The van der Waals surface area contributed by atoms with Gasteiger partial charge in [0.2, 0.25) is 5.91 Å². The zero-order valence-electron chi connectivity index (χ0n) is 12.2. The third-order valence-corrected chi connectivity index (χ3v) is 4.45. The highest BCUT2D eigenvalue weighted by atomic mass is 19.1. The van der Waals surface area contributed by atoms with Crippen molar-refractivity contribution in [3.8, 4) is 0 Å². The molecule has 4 nitrogen and oxygen atoms in total. The summed E-state index contributed by atoms with van der Waals surface area (Å²) in [5.41, 5.74) is 0.923. The van der Waals surface area contributed by atoms with Crippen LogP contribution in [0.1, 0.15) is 18.6 Å². The van der Waals surface area contributed by atoms with Crippen molar-refractivity contribution >= 4 is 5.91 Å². The van der Waals surface area contributed by atoms with Gasteiger partial charge in [0.25, 0.3) is 0 Å². The number of nitrogens with one attached hydrogen (secondary N) is 1. The Morgan fingerprint density at radius 2 is 2.10 bits per heavy atom. The van der Waals surface area contributed by atoms with Crippen LogP contribution in [0.15, 0.2) is 24.3 Å². The first-order chi connectivity index (χ1) is 10.1. The highest BCUT2D eigenvalue weighted by Crippen LogP contribution is 2.25. The second-order valence-corrected chi connectivity index (χ2v) is 5.94. The van der Waals surface area contributed by atoms with Crippen LogP contribution in [-0.4, -0.2) is 43.6 Å². The van der Waals surface area contributed by atoms with Gasteiger partial charge in [-0.05, 0) is 30.2 Å². The van der Waals surface area contributed by atoms with Crippen molar-refractivity contribution in [2.24, 2.45) is 11.8 Å². The smallest absolute Gasteiger partial charge is 0.227 e. The Morgan fingerprint density at radius 1 is 1.33 bits per heavy atom. The predicted molar refractivity (Wildman–Crippen MR) is 77.2 cm³/mol. The summed E-state index contributed by atoms with van der Waals surface area (Å²) in [6.07, 6.45) is -0.159. The third-order valence-electron chi connectivity index (χ3n) is 4.45. The van der Waals surface area contributed by atoms with Crippen molar-refractivity contribution in [2.75, 3.05) is 32.8 Å². The number of hydrogen-bond donors (Lipinski definition) is 1. The first-order valence-corrected chi connectivity index (χ1v) is 7.51. The van der Waals surface area contributed by atoms with E-state index in [0.717, 1.165) is 18.7 Å². The van der Waals surface area contributed by atoms with Crippen LogP contribution in [0.4, 0.5) is 4.39 Å². The van der Waals surface area contributed by atoms with Gasteiger partial charge in [-0.1, -0.05) is 19.1 Å². The van der Waals surface area contributed by atoms with Crippen molar-refractivity contribution in [1.82, 2.24) is 10.2 Å². The molecule has 2 saturated heterocycles. The van der Waals surface area contributed by atoms with E-state index in [9.17, 15) is 9.18 Å². The van der Waals surface area contributed by atoms with E-state index in [-0.39, 0.29) is 23.7 Å². The maximum Gasteiger partial charge on any atom is 0.227 e. The van der Waals surface area contributed by atoms with E-state index in [1.165, 1.54) is 12.1 Å². The van der Waals surface area contributed by atoms with Crippen molar-refractivity contribution in [1.29, 1.82) is 0 Å². The SMILES string of the molecule is C[C@@H]1CNC[C@H]1C(=O)N1CCOC(c2ccc(F)cc2)C1. The lowest BCUT2D eigenvalue weighted by atomic mass is 9.96. The molecule has 21 heavy (non-hydrogen) atoms. The van der Waals surface area contributed by atoms with Crippen LogP contribution >= 0.6 is 0 Å². The van der Waals surface area contributed by atoms with Gasteiger partial charge in [0.05, 0.1) is 19.1 Å². The summed E-state index contributed by atoms with van der Waals surface area (Å²) >= 11 is 0. The maximum absolute atomic E-state index is 13.0. The molecule has 1 N–H and O–H groups in total. The van der Waals surface area contributed by atoms with Gasteiger partial charge < -0.3 is 15.0 Å². The molecule has 3 atom stereocenters. The number of nitrogens with zero attached hydrogens (tertiary/aromatic N) is 1. The molecule has 1 unspecified atom stereocenters. The Labute approximate surface area is 124 Å². The predicted octanol–water partition coefficient (Wildman–Crippen LogP) is 1.58. The number of carbonyl (C=O) groups is 1. The summed E-state index contributed by atoms with van der Waals surface area (Å²) in [4.78, 5) is 14.5. The minimum atomic E-state index is -0.256. The lowest BCUT2D eigenvalue weighted by Crippen LogP contribution is -2.46. The van der Waals surface area contributed by atoms with E-state index in [1.807, 2.05) is 4.90 Å². The minimum absolute atomic E-state index is 0.0666. The van der Waals surface area contributed by atoms with Crippen molar-refractivity contribution in [2.45, 2.75) is 13.0 Å². The number of carbonyl (C=O) groups excluding carboxylic acids is 1. The molecule has 1 aromatic rings. The molecule has 0 aromatic heterocycles. The Hall–Kier alpha value is -1.46. The van der Waals surface area contributed by atoms with Crippen LogP contribution in [0.5, 0.6) is 0 Å². The standard InChI is InChI=1S/C16H21FN2O2/c1-11-8-18-9-14(11)16(20)19-6-7-21-15(10-19)12-2-4-13(17)5-3-12/h2-5,11,14-15,18H,6-10H2,1H3/t11-,14-,15?/m1/s1. The zero-order valence-corrected chi connectivity index (χ0v) is 12.2. The molecule has 2 aliphatic heterocycles. The molecule has 0 aliphatic carbocycles. The zero-order chi connectivity index (χ0) is 14.8. The lowest BCUT2D eigenvalue weighted by molar-refractivity contribution is -0.143. The molecule has 2 fully saturated rings. The quantitative estimate of drug-likeness (QED) is 0.900. The van der Waals surface area contributed by atoms with E-state index in [0.29, 0.717) is 25.6 Å². The summed E-state index contributed by atoms with van der Waals surface area (Å²) in [5.74, 6) is 0.401. The van der Waals surface area contributed by atoms with Crippen LogP contribution < -0.4 is 5.32 Å². The molecule has 1 aromatic carbocycles. The van der Waals surface area contributed by atoms with Gasteiger partial charge in [-0.25, -0.2) is 4.39 Å². The average molecular weight is 292 g/mol. The van der Waals surface area contributed by atoms with Gasteiger partial charge in [0.1, 0.15) is 11.9 Å². The fourth-order valence-corrected chi connectivity index (χ4v) is 3.10. The van der Waals surface area contributed by atoms with Gasteiger partial charge in [0, 0.05) is 13.1 Å². The number of hydrogen-bond acceptors (Lipinski definition) is 3. The second-order valence-electron chi connectivity index (χ2n) is 5.94. The number of morpholine rings is 1. The largest absolute Gasteiger partial charge is 0.370 e. The Balaban J connectivity index is 1.68. The summed E-state index contributed by atoms with van der Waals surface area (Å²) in [6.45, 7) is 5.50. The molecule has 0 radical (unpaired) electrons. The van der Waals surface area contributed by atoms with Gasteiger partial charge >= 0.3 is 0 Å². The highest BCUT2D eigenvalue weighted by molar-refractivity contribution is 5.80. The van der Waals surface area contributed by atoms with Crippen LogP contribution in [0.2, 0.25) is 0 Å². The average Bonchev–Trinajstić information content (AvgIpc) is 2.93. The maximum atomic E-state index is 13.0. The highest BCUT2D eigenvalue weighted by Gasteiger charge is 2.35. The first-order valence-electron chi connectivity index (χ1n) is 7.51. The van der Waals surface area contributed by atoms with Gasteiger partial charge in [0.15, 0.2) is 0 Å². The molecule has 1 amide bonds. The summed E-state index contributed by atoms with van der Waals surface area (Å²) in [5, 5.41) is 3.27. The normalized spacial score (nSPS) is 29.6. The number of benzene rings is 1. The molecular formula is C16H21FN2O2. The van der Waals surface area contributed by atoms with Gasteiger partial charge in [-0.2, -0.15) is 0 Å². The lowest BCUT2D eigenvalue weighted by Gasteiger charge is -2.35. The summed E-state index contributed by atoms with van der Waals surface area (Å²) in [6, 6.07) is 6.33. The van der Waals surface area contributed by atoms with E-state index in [1.54, 1.807) is 12.1 Å². The third kappa shape index (κ3) is 3.09. The van der Waals surface area contributed by atoms with Gasteiger partial charge in [-0.3, -0.25) is 4.79 Å². The number of ether oxygens (including phenoxy) is 1.